The number of nitrogens with one attached hydrogen (secondary N) is 1. The maximum Gasteiger partial charge on any atom is 0.0794 e. The minimum atomic E-state index is 1.11. The maximum atomic E-state index is 5.01. The molecule has 2 nitrogen and oxygen atoms in total. The van der Waals surface area contributed by atoms with E-state index < -0.39 is 0 Å². The van der Waals surface area contributed by atoms with Crippen molar-refractivity contribution < 1.29 is 0 Å². The number of aryl methyl sites for hydroxylation is 2. The maximum absolute atomic E-state index is 5.01. The highest BCUT2D eigenvalue weighted by atomic mass is 14.7. The van der Waals surface area contributed by atoms with Crippen molar-refractivity contribution in [3.8, 4) is 0 Å². The molecule has 0 aliphatic heterocycles. The molecular weight excluding hydrogens is 280 g/mol. The fourth-order valence-corrected chi connectivity index (χ4v) is 3.73. The lowest BCUT2D eigenvalue weighted by Gasteiger charge is -2.06. The SMILES string of the molecule is Cc1[nH]ccc2c(C)c3nc4c5ccccc5ccc4c3cc12. The van der Waals surface area contributed by atoms with Gasteiger partial charge in [-0.25, -0.2) is 4.98 Å². The van der Waals surface area contributed by atoms with E-state index in [9.17, 15) is 0 Å². The summed E-state index contributed by atoms with van der Waals surface area (Å²) in [4.78, 5) is 8.33. The summed E-state index contributed by atoms with van der Waals surface area (Å²) in [7, 11) is 0. The van der Waals surface area contributed by atoms with Gasteiger partial charge < -0.3 is 4.98 Å². The van der Waals surface area contributed by atoms with Gasteiger partial charge in [0.05, 0.1) is 11.0 Å². The van der Waals surface area contributed by atoms with Gasteiger partial charge in [0.1, 0.15) is 0 Å². The molecule has 0 atom stereocenters. The lowest BCUT2D eigenvalue weighted by Crippen LogP contribution is -1.87. The van der Waals surface area contributed by atoms with Crippen LogP contribution in [-0.2, 0) is 0 Å². The largest absolute Gasteiger partial charge is 0.365 e. The number of aromatic amines is 1. The first kappa shape index (κ1) is 12.7. The predicted molar refractivity (Wildman–Crippen MR) is 98.1 cm³/mol. The molecule has 110 valence electrons. The molecule has 2 heteroatoms. The Morgan fingerprint density at radius 3 is 2.52 bits per heavy atom. The standard InChI is InChI=1S/C21H16N2/c1-12-15-9-10-22-13(2)18(15)11-19-17-8-7-14-5-3-4-6-16(14)21(17)23-20(12)19/h3-11,22H,1-2H3. The van der Waals surface area contributed by atoms with Gasteiger partial charge in [-0.15, -0.1) is 0 Å². The van der Waals surface area contributed by atoms with Crippen LogP contribution in [-0.4, -0.2) is 9.97 Å². The van der Waals surface area contributed by atoms with E-state index in [4.69, 9.17) is 4.98 Å². The van der Waals surface area contributed by atoms with E-state index in [1.165, 1.54) is 43.6 Å². The lowest BCUT2D eigenvalue weighted by atomic mass is 10.00. The molecule has 5 aromatic rings. The van der Waals surface area contributed by atoms with E-state index in [1.807, 2.05) is 6.20 Å². The number of hydrogen-bond donors (Lipinski definition) is 1. The van der Waals surface area contributed by atoms with Crippen LogP contribution in [0.2, 0.25) is 0 Å². The Morgan fingerprint density at radius 2 is 1.61 bits per heavy atom. The zero-order valence-corrected chi connectivity index (χ0v) is 13.1. The van der Waals surface area contributed by atoms with Crippen LogP contribution < -0.4 is 0 Å². The topological polar surface area (TPSA) is 28.7 Å². The summed E-state index contributed by atoms with van der Waals surface area (Å²) in [5, 5.41) is 7.52. The van der Waals surface area contributed by atoms with Gasteiger partial charge in [-0.1, -0.05) is 36.4 Å². The highest BCUT2D eigenvalue weighted by Crippen LogP contribution is 2.36. The molecule has 2 aromatic heterocycles. The molecule has 1 N–H and O–H groups in total. The minimum absolute atomic E-state index is 1.11. The van der Waals surface area contributed by atoms with Crippen molar-refractivity contribution in [3.63, 3.8) is 0 Å². The fourth-order valence-electron chi connectivity index (χ4n) is 3.73. The molecule has 0 bridgehead atoms. The predicted octanol–water partition coefficient (Wildman–Crippen LogP) is 5.64. The molecule has 0 spiro atoms. The molecule has 0 fully saturated rings. The third-order valence-electron chi connectivity index (χ3n) is 4.96. The third-order valence-corrected chi connectivity index (χ3v) is 4.96. The summed E-state index contributed by atoms with van der Waals surface area (Å²) in [5.41, 5.74) is 4.69. The average Bonchev–Trinajstić information content (AvgIpc) is 2.96. The van der Waals surface area contributed by atoms with E-state index in [2.05, 4.69) is 67.4 Å². The molecule has 23 heavy (non-hydrogen) atoms. The van der Waals surface area contributed by atoms with Crippen molar-refractivity contribution in [1.29, 1.82) is 0 Å². The molecule has 0 radical (unpaired) electrons. The van der Waals surface area contributed by atoms with Crippen molar-refractivity contribution in [1.82, 2.24) is 9.97 Å². The number of nitrogens with zero attached hydrogens (tertiary/aromatic N) is 1. The van der Waals surface area contributed by atoms with Gasteiger partial charge >= 0.3 is 0 Å². The van der Waals surface area contributed by atoms with Gasteiger partial charge in [0, 0.05) is 33.4 Å². The monoisotopic (exact) mass is 296 g/mol. The number of fused-ring (bicyclic) bond motifs is 6. The van der Waals surface area contributed by atoms with E-state index in [-0.39, 0.29) is 0 Å². The van der Waals surface area contributed by atoms with E-state index in [0.29, 0.717) is 0 Å². The number of rotatable bonds is 0. The van der Waals surface area contributed by atoms with Gasteiger partial charge in [0.25, 0.3) is 0 Å². The van der Waals surface area contributed by atoms with E-state index >= 15 is 0 Å². The second-order valence-corrected chi connectivity index (χ2v) is 6.26. The van der Waals surface area contributed by atoms with Crippen molar-refractivity contribution in [2.45, 2.75) is 13.8 Å². The summed E-state index contributed by atoms with van der Waals surface area (Å²) in [6.07, 6.45) is 2.01. The highest BCUT2D eigenvalue weighted by Gasteiger charge is 2.13. The van der Waals surface area contributed by atoms with Gasteiger partial charge in [-0.3, -0.25) is 0 Å². The van der Waals surface area contributed by atoms with Crippen LogP contribution in [0.25, 0.3) is 43.4 Å². The first-order valence-electron chi connectivity index (χ1n) is 7.92. The van der Waals surface area contributed by atoms with E-state index in [1.54, 1.807) is 0 Å². The highest BCUT2D eigenvalue weighted by molar-refractivity contribution is 6.20. The van der Waals surface area contributed by atoms with Crippen LogP contribution in [0, 0.1) is 13.8 Å². The van der Waals surface area contributed by atoms with E-state index in [0.717, 1.165) is 11.0 Å². The molecule has 0 saturated carbocycles. The van der Waals surface area contributed by atoms with Crippen molar-refractivity contribution >= 4 is 43.4 Å². The quantitative estimate of drug-likeness (QED) is 0.393. The average molecular weight is 296 g/mol. The normalized spacial score (nSPS) is 11.9. The van der Waals surface area contributed by atoms with Crippen LogP contribution >= 0.6 is 0 Å². The molecule has 0 aliphatic rings. The minimum Gasteiger partial charge on any atom is -0.365 e. The Labute approximate surface area is 133 Å². The fraction of sp³-hybridized carbons (Fsp3) is 0.0952. The summed E-state index contributed by atoms with van der Waals surface area (Å²) >= 11 is 0. The second-order valence-electron chi connectivity index (χ2n) is 6.26. The second kappa shape index (κ2) is 4.32. The third kappa shape index (κ3) is 1.61. The van der Waals surface area contributed by atoms with Crippen LogP contribution in [0.5, 0.6) is 0 Å². The first-order valence-corrected chi connectivity index (χ1v) is 7.92. The molecule has 0 aliphatic carbocycles. The van der Waals surface area contributed by atoms with Crippen LogP contribution in [0.1, 0.15) is 11.3 Å². The summed E-state index contributed by atoms with van der Waals surface area (Å²) in [6.45, 7) is 4.31. The Bertz CT molecular complexity index is 1230. The molecule has 0 unspecified atom stereocenters. The van der Waals surface area contributed by atoms with Crippen LogP contribution in [0.3, 0.4) is 0 Å². The summed E-state index contributed by atoms with van der Waals surface area (Å²) < 4.78 is 0. The Morgan fingerprint density at radius 1 is 0.739 bits per heavy atom. The molecule has 0 amide bonds. The van der Waals surface area contributed by atoms with Crippen LogP contribution in [0.4, 0.5) is 0 Å². The van der Waals surface area contributed by atoms with Gasteiger partial charge in [-0.2, -0.15) is 0 Å². The van der Waals surface area contributed by atoms with Crippen molar-refractivity contribution in [3.05, 3.63) is 66.0 Å². The number of hydrogen-bond acceptors (Lipinski definition) is 1. The first-order chi connectivity index (χ1) is 11.2. The number of pyridine rings is 1. The summed E-state index contributed by atoms with van der Waals surface area (Å²) in [5.74, 6) is 0. The van der Waals surface area contributed by atoms with Crippen LogP contribution in [0.15, 0.2) is 54.7 Å². The molecular formula is C21H16N2. The van der Waals surface area contributed by atoms with Gasteiger partial charge in [-0.05, 0) is 42.3 Å². The molecule has 0 saturated heterocycles. The van der Waals surface area contributed by atoms with Gasteiger partial charge in [0.15, 0.2) is 0 Å². The lowest BCUT2D eigenvalue weighted by molar-refractivity contribution is 1.23. The van der Waals surface area contributed by atoms with Gasteiger partial charge in [0.2, 0.25) is 0 Å². The molecule has 2 heterocycles. The van der Waals surface area contributed by atoms with Crippen molar-refractivity contribution in [2.24, 2.45) is 0 Å². The molecule has 5 rings (SSSR count). The smallest absolute Gasteiger partial charge is 0.0794 e. The molecule has 3 aromatic carbocycles. The number of aromatic nitrogens is 2. The Kier molecular flexibility index (Phi) is 2.38. The summed E-state index contributed by atoms with van der Waals surface area (Å²) in [6, 6.07) is 17.3. The van der Waals surface area contributed by atoms with Crippen molar-refractivity contribution in [2.75, 3.05) is 0 Å². The zero-order chi connectivity index (χ0) is 15.6. The number of H-pyrrole nitrogens is 1. The zero-order valence-electron chi connectivity index (χ0n) is 13.1. The Hall–Kier alpha value is -2.87. The number of benzene rings is 3. The Balaban J connectivity index is 2.08.